The van der Waals surface area contributed by atoms with Crippen molar-refractivity contribution in [3.63, 3.8) is 0 Å². The molecule has 5 rings (SSSR count). The van der Waals surface area contributed by atoms with Gasteiger partial charge in [0.05, 0.1) is 12.4 Å². The molecule has 1 saturated carbocycles. The smallest absolute Gasteiger partial charge is 0.267 e. The number of aromatic amines is 4. The van der Waals surface area contributed by atoms with Gasteiger partial charge in [-0.1, -0.05) is 0 Å². The molecule has 0 bridgehead atoms. The molecule has 36 heavy (non-hydrogen) atoms. The molecule has 4 atom stereocenters. The van der Waals surface area contributed by atoms with Crippen LogP contribution in [0.1, 0.15) is 44.2 Å². The Morgan fingerprint density at radius 3 is 1.53 bits per heavy atom. The van der Waals surface area contributed by atoms with Crippen LogP contribution in [0, 0.1) is 11.8 Å². The van der Waals surface area contributed by atoms with Gasteiger partial charge in [0.15, 0.2) is 11.9 Å². The van der Waals surface area contributed by atoms with E-state index in [0.29, 0.717) is 36.4 Å². The number of imidazole rings is 2. The number of aromatic nitrogens is 6. The number of nitrogens with zero attached hydrogens (tertiary/aromatic N) is 2. The highest BCUT2D eigenvalue weighted by Crippen LogP contribution is 2.56. The standard InChI is InChI=1S/C22H24Br2N10O2/c23-9-1-13(27-3-9)19(35)29-5-11-12(6-30-20(36)14-2-10(24)4-28-14)18(16-8-32-22(26)34-16)17(11)15-7-31-21(25)33-15/h1-4,7-8,11-12,17-18,27-28H,5-6H2,(H,29,35)(H,30,36)(H3,25,31,33)(H3,26,32,34)/t11-,12-,17-,18?/m1/s1. The van der Waals surface area contributed by atoms with E-state index in [1.807, 2.05) is 0 Å². The molecule has 1 fully saturated rings. The van der Waals surface area contributed by atoms with Crippen molar-refractivity contribution in [3.05, 3.63) is 68.6 Å². The van der Waals surface area contributed by atoms with Crippen LogP contribution in [-0.2, 0) is 0 Å². The largest absolute Gasteiger partial charge is 0.369 e. The first-order chi connectivity index (χ1) is 17.3. The Kier molecular flexibility index (Phi) is 6.62. The van der Waals surface area contributed by atoms with Gasteiger partial charge >= 0.3 is 0 Å². The highest BCUT2D eigenvalue weighted by molar-refractivity contribution is 9.10. The summed E-state index contributed by atoms with van der Waals surface area (Å²) in [6.07, 6.45) is 6.80. The number of carbonyl (C=O) groups is 2. The van der Waals surface area contributed by atoms with Crippen LogP contribution in [0.4, 0.5) is 11.9 Å². The van der Waals surface area contributed by atoms with E-state index in [1.54, 1.807) is 36.9 Å². The summed E-state index contributed by atoms with van der Waals surface area (Å²) in [6.45, 7) is 0.738. The van der Waals surface area contributed by atoms with E-state index in [2.05, 4.69) is 72.4 Å². The lowest BCUT2D eigenvalue weighted by atomic mass is 9.54. The molecule has 4 aromatic heterocycles. The van der Waals surface area contributed by atoms with Crippen molar-refractivity contribution >= 4 is 55.6 Å². The zero-order valence-corrected chi connectivity index (χ0v) is 22.0. The van der Waals surface area contributed by atoms with E-state index in [9.17, 15) is 9.59 Å². The molecular formula is C22H24Br2N10O2. The van der Waals surface area contributed by atoms with Gasteiger partial charge in [-0.15, -0.1) is 0 Å². The summed E-state index contributed by atoms with van der Waals surface area (Å²) in [5.74, 6) is -0.0795. The molecular weight excluding hydrogens is 596 g/mol. The predicted molar refractivity (Wildman–Crippen MR) is 140 cm³/mol. The summed E-state index contributed by atoms with van der Waals surface area (Å²) in [5, 5.41) is 6.04. The maximum Gasteiger partial charge on any atom is 0.267 e. The number of hydrogen-bond donors (Lipinski definition) is 8. The quantitative estimate of drug-likeness (QED) is 0.149. The topological polar surface area (TPSA) is 199 Å². The third-order valence-electron chi connectivity index (χ3n) is 6.59. The summed E-state index contributed by atoms with van der Waals surface area (Å²) >= 11 is 6.70. The SMILES string of the molecule is Nc1ncc(C2[C@@H](c3cnc(N)[nH]3)[C@H](CNC(=O)c3cc(Br)c[nH]3)[C@H]2CNC(=O)c2cc(Br)c[nH]2)[nH]1. The van der Waals surface area contributed by atoms with Crippen molar-refractivity contribution < 1.29 is 9.59 Å². The monoisotopic (exact) mass is 618 g/mol. The number of nitrogen functional groups attached to an aromatic ring is 2. The first-order valence-electron chi connectivity index (χ1n) is 11.1. The lowest BCUT2D eigenvalue weighted by molar-refractivity contribution is 0.0674. The van der Waals surface area contributed by atoms with Gasteiger partial charge in [0.25, 0.3) is 11.8 Å². The second-order valence-corrected chi connectivity index (χ2v) is 10.5. The lowest BCUT2D eigenvalue weighted by Crippen LogP contribution is -2.53. The number of halogens is 2. The molecule has 10 N–H and O–H groups in total. The van der Waals surface area contributed by atoms with E-state index in [4.69, 9.17) is 11.5 Å². The Hall–Kier alpha value is -3.52. The first kappa shape index (κ1) is 24.2. The maximum atomic E-state index is 12.8. The number of carbonyl (C=O) groups excluding carboxylic acids is 2. The van der Waals surface area contributed by atoms with E-state index in [0.717, 1.165) is 20.3 Å². The summed E-state index contributed by atoms with van der Waals surface area (Å²) < 4.78 is 1.58. The molecule has 1 aliphatic carbocycles. The summed E-state index contributed by atoms with van der Waals surface area (Å²) in [5.41, 5.74) is 14.3. The Bertz CT molecular complexity index is 1280. The minimum atomic E-state index is -0.225. The van der Waals surface area contributed by atoms with Crippen LogP contribution in [0.25, 0.3) is 0 Å². The average Bonchev–Trinajstić information content (AvgIpc) is 3.63. The van der Waals surface area contributed by atoms with E-state index in [-0.39, 0.29) is 35.5 Å². The molecule has 0 radical (unpaired) electrons. The number of nitrogens with one attached hydrogen (secondary N) is 6. The molecule has 0 saturated heterocycles. The van der Waals surface area contributed by atoms with Crippen LogP contribution in [0.2, 0.25) is 0 Å². The van der Waals surface area contributed by atoms with Crippen LogP contribution in [0.15, 0.2) is 45.9 Å². The second kappa shape index (κ2) is 9.85. The number of nitrogens with two attached hydrogens (primary N) is 2. The Balaban J connectivity index is 1.40. The lowest BCUT2D eigenvalue weighted by Gasteiger charge is -2.51. The van der Waals surface area contributed by atoms with Crippen molar-refractivity contribution in [2.45, 2.75) is 11.8 Å². The van der Waals surface area contributed by atoms with Crippen LogP contribution in [0.5, 0.6) is 0 Å². The van der Waals surface area contributed by atoms with Crippen LogP contribution >= 0.6 is 31.9 Å². The van der Waals surface area contributed by atoms with E-state index >= 15 is 0 Å². The third-order valence-corrected chi connectivity index (χ3v) is 7.51. The second-order valence-electron chi connectivity index (χ2n) is 8.71. The molecule has 0 aromatic carbocycles. The van der Waals surface area contributed by atoms with E-state index in [1.165, 1.54) is 0 Å². The number of H-pyrrole nitrogens is 4. The van der Waals surface area contributed by atoms with Gasteiger partial charge in [0, 0.05) is 57.7 Å². The first-order valence-corrected chi connectivity index (χ1v) is 12.7. The van der Waals surface area contributed by atoms with Gasteiger partial charge in [-0.05, 0) is 55.8 Å². The fourth-order valence-electron chi connectivity index (χ4n) is 4.98. The van der Waals surface area contributed by atoms with Crippen LogP contribution in [-0.4, -0.2) is 54.8 Å². The minimum absolute atomic E-state index is 0.0441. The van der Waals surface area contributed by atoms with Crippen LogP contribution < -0.4 is 22.1 Å². The van der Waals surface area contributed by atoms with Crippen molar-refractivity contribution in [2.75, 3.05) is 24.6 Å². The van der Waals surface area contributed by atoms with Gasteiger partial charge in [0.2, 0.25) is 0 Å². The molecule has 188 valence electrons. The van der Waals surface area contributed by atoms with E-state index < -0.39 is 0 Å². The number of hydrogen-bond acceptors (Lipinski definition) is 6. The van der Waals surface area contributed by atoms with Crippen molar-refractivity contribution in [1.82, 2.24) is 40.5 Å². The molecule has 14 heteroatoms. The highest BCUT2D eigenvalue weighted by atomic mass is 79.9. The van der Waals surface area contributed by atoms with Crippen molar-refractivity contribution in [3.8, 4) is 0 Å². The Labute approximate surface area is 222 Å². The zero-order valence-electron chi connectivity index (χ0n) is 18.8. The molecule has 2 amide bonds. The third kappa shape index (κ3) is 4.78. The van der Waals surface area contributed by atoms with Crippen molar-refractivity contribution in [1.29, 1.82) is 0 Å². The van der Waals surface area contributed by atoms with Crippen molar-refractivity contribution in [2.24, 2.45) is 11.8 Å². The number of amides is 2. The molecule has 4 aromatic rings. The molecule has 1 aliphatic rings. The number of rotatable bonds is 8. The van der Waals surface area contributed by atoms with Gasteiger partial charge in [0.1, 0.15) is 11.4 Å². The summed E-state index contributed by atoms with van der Waals surface area (Å²) in [4.78, 5) is 46.0. The van der Waals surface area contributed by atoms with Gasteiger partial charge < -0.3 is 42.0 Å². The Morgan fingerprint density at radius 1 is 0.806 bits per heavy atom. The Morgan fingerprint density at radius 2 is 1.22 bits per heavy atom. The normalized spacial score (nSPS) is 21.2. The maximum absolute atomic E-state index is 12.8. The average molecular weight is 620 g/mol. The minimum Gasteiger partial charge on any atom is -0.369 e. The van der Waals surface area contributed by atoms with Gasteiger partial charge in [-0.2, -0.15) is 0 Å². The van der Waals surface area contributed by atoms with Crippen LogP contribution in [0.3, 0.4) is 0 Å². The molecule has 0 aliphatic heterocycles. The summed E-state index contributed by atoms with van der Waals surface area (Å²) in [7, 11) is 0. The number of anilines is 2. The van der Waals surface area contributed by atoms with Gasteiger partial charge in [-0.25, -0.2) is 9.97 Å². The fourth-order valence-corrected chi connectivity index (χ4v) is 5.66. The molecule has 12 nitrogen and oxygen atoms in total. The zero-order chi connectivity index (χ0) is 25.4. The van der Waals surface area contributed by atoms with Gasteiger partial charge in [-0.3, -0.25) is 9.59 Å². The molecule has 4 heterocycles. The summed E-state index contributed by atoms with van der Waals surface area (Å²) in [6, 6.07) is 3.43. The predicted octanol–water partition coefficient (Wildman–Crippen LogP) is 2.45. The molecule has 1 unspecified atom stereocenters. The fraction of sp³-hybridized carbons (Fsp3) is 0.273. The highest BCUT2D eigenvalue weighted by Gasteiger charge is 2.53. The molecule has 0 spiro atoms.